The SMILES string of the molecule is COc1ccc2c(c1)[C@@](O)([C@H](C)/C=C/CC(=O)N(CCO)Cc1ccccc1)C(=O)N2Cc1cccc(NC(=O)c2ccccc2)c1. The zero-order valence-corrected chi connectivity index (χ0v) is 26.5. The van der Waals surface area contributed by atoms with Crippen LogP contribution in [0.25, 0.3) is 0 Å². The molecule has 3 N–H and O–H groups in total. The highest BCUT2D eigenvalue weighted by Crippen LogP contribution is 2.47. The van der Waals surface area contributed by atoms with Gasteiger partial charge in [-0.25, -0.2) is 0 Å². The standard InChI is InChI=1S/C38H39N3O6/c1-27(11-9-18-35(43)40(21-22-42)25-28-12-5-3-6-13-28)38(46)33-24-32(47-2)19-20-34(33)41(37(38)45)26-29-14-10-17-31(23-29)39-36(44)30-15-7-4-8-16-30/h3-17,19-20,23-24,27,42,46H,18,21-22,25-26H2,1-2H3,(H,39,44)/b11-9+/t27-,38+/m1/s1. The van der Waals surface area contributed by atoms with Crippen LogP contribution in [0.1, 0.15) is 40.4 Å². The highest BCUT2D eigenvalue weighted by atomic mass is 16.5. The summed E-state index contributed by atoms with van der Waals surface area (Å²) in [6, 6.07) is 30.8. The van der Waals surface area contributed by atoms with E-state index in [0.29, 0.717) is 34.8 Å². The molecular weight excluding hydrogens is 594 g/mol. The highest BCUT2D eigenvalue weighted by molar-refractivity contribution is 6.07. The first-order valence-corrected chi connectivity index (χ1v) is 15.5. The summed E-state index contributed by atoms with van der Waals surface area (Å²) in [5.74, 6) is -1.14. The van der Waals surface area contributed by atoms with E-state index in [-0.39, 0.29) is 37.9 Å². The molecule has 2 atom stereocenters. The van der Waals surface area contributed by atoms with Crippen molar-refractivity contribution in [2.45, 2.75) is 32.0 Å². The summed E-state index contributed by atoms with van der Waals surface area (Å²) >= 11 is 0. The Kier molecular flexibility index (Phi) is 10.5. The topological polar surface area (TPSA) is 119 Å². The van der Waals surface area contributed by atoms with Gasteiger partial charge in [0.2, 0.25) is 5.91 Å². The number of nitrogens with zero attached hydrogens (tertiary/aromatic N) is 2. The fourth-order valence-electron chi connectivity index (χ4n) is 5.79. The normalized spacial score (nSPS) is 16.2. The van der Waals surface area contributed by atoms with Crippen LogP contribution in [0.3, 0.4) is 0 Å². The molecule has 0 radical (unpaired) electrons. The molecule has 0 unspecified atom stereocenters. The Balaban J connectivity index is 1.34. The van der Waals surface area contributed by atoms with Crippen molar-refractivity contribution in [3.63, 3.8) is 0 Å². The number of benzene rings is 4. The van der Waals surface area contributed by atoms with Crippen molar-refractivity contribution in [1.29, 1.82) is 0 Å². The van der Waals surface area contributed by atoms with Crippen molar-refractivity contribution >= 4 is 29.1 Å². The van der Waals surface area contributed by atoms with Gasteiger partial charge in [-0.1, -0.05) is 79.7 Å². The second kappa shape index (κ2) is 14.9. The third-order valence-corrected chi connectivity index (χ3v) is 8.35. The van der Waals surface area contributed by atoms with Crippen molar-refractivity contribution in [3.05, 3.63) is 138 Å². The van der Waals surface area contributed by atoms with Crippen LogP contribution in [0.4, 0.5) is 11.4 Å². The lowest BCUT2D eigenvalue weighted by Gasteiger charge is -2.28. The molecule has 0 saturated carbocycles. The Morgan fingerprint density at radius 3 is 2.36 bits per heavy atom. The van der Waals surface area contributed by atoms with Crippen molar-refractivity contribution < 1.29 is 29.3 Å². The molecule has 0 saturated heterocycles. The number of aliphatic hydroxyl groups excluding tert-OH is 1. The van der Waals surface area contributed by atoms with Crippen molar-refractivity contribution in [1.82, 2.24) is 4.90 Å². The minimum Gasteiger partial charge on any atom is -0.497 e. The average molecular weight is 634 g/mol. The molecule has 9 heteroatoms. The molecule has 242 valence electrons. The molecule has 0 fully saturated rings. The van der Waals surface area contributed by atoms with Gasteiger partial charge in [0.1, 0.15) is 5.75 Å². The maximum absolute atomic E-state index is 14.1. The van der Waals surface area contributed by atoms with Gasteiger partial charge < -0.3 is 30.1 Å². The van der Waals surface area contributed by atoms with Gasteiger partial charge in [0, 0.05) is 42.2 Å². The minimum absolute atomic E-state index is 0.0393. The van der Waals surface area contributed by atoms with Gasteiger partial charge in [-0.05, 0) is 53.6 Å². The summed E-state index contributed by atoms with van der Waals surface area (Å²) in [7, 11) is 1.52. The Morgan fingerprint density at radius 1 is 0.957 bits per heavy atom. The van der Waals surface area contributed by atoms with E-state index in [1.807, 2.05) is 42.5 Å². The lowest BCUT2D eigenvalue weighted by Crippen LogP contribution is -2.44. The van der Waals surface area contributed by atoms with Gasteiger partial charge in [0.25, 0.3) is 11.8 Å². The van der Waals surface area contributed by atoms with Gasteiger partial charge in [-0.3, -0.25) is 14.4 Å². The Labute approximate surface area is 274 Å². The van der Waals surface area contributed by atoms with Crippen molar-refractivity contribution in [2.75, 3.05) is 30.5 Å². The van der Waals surface area contributed by atoms with Crippen LogP contribution in [0.15, 0.2) is 115 Å². The van der Waals surface area contributed by atoms with Gasteiger partial charge in [-0.2, -0.15) is 0 Å². The zero-order valence-electron chi connectivity index (χ0n) is 26.5. The number of anilines is 2. The first kappa shape index (κ1) is 33.1. The summed E-state index contributed by atoms with van der Waals surface area (Å²) < 4.78 is 5.43. The monoisotopic (exact) mass is 633 g/mol. The fourth-order valence-corrected chi connectivity index (χ4v) is 5.79. The van der Waals surface area contributed by atoms with Crippen LogP contribution in [0.5, 0.6) is 5.75 Å². The van der Waals surface area contributed by atoms with E-state index < -0.39 is 17.4 Å². The Morgan fingerprint density at radius 2 is 1.66 bits per heavy atom. The molecule has 9 nitrogen and oxygen atoms in total. The van der Waals surface area contributed by atoms with Crippen molar-refractivity contribution in [2.24, 2.45) is 5.92 Å². The van der Waals surface area contributed by atoms with Crippen LogP contribution in [-0.4, -0.2) is 53.1 Å². The summed E-state index contributed by atoms with van der Waals surface area (Å²) in [6.45, 7) is 2.29. The molecule has 1 heterocycles. The maximum atomic E-state index is 14.1. The number of ether oxygens (including phenoxy) is 1. The lowest BCUT2D eigenvalue weighted by molar-refractivity contribution is -0.139. The Hall–Kier alpha value is -5.25. The van der Waals surface area contributed by atoms with Gasteiger partial charge in [0.15, 0.2) is 5.60 Å². The second-order valence-electron chi connectivity index (χ2n) is 11.5. The molecule has 1 aliphatic heterocycles. The first-order chi connectivity index (χ1) is 22.7. The number of carbonyl (C=O) groups excluding carboxylic acids is 3. The molecule has 0 aliphatic carbocycles. The molecule has 0 bridgehead atoms. The van der Waals surface area contributed by atoms with E-state index in [4.69, 9.17) is 4.74 Å². The quantitative estimate of drug-likeness (QED) is 0.172. The predicted molar refractivity (Wildman–Crippen MR) is 181 cm³/mol. The van der Waals surface area contributed by atoms with E-state index in [1.54, 1.807) is 84.6 Å². The smallest absolute Gasteiger partial charge is 0.264 e. The molecule has 5 rings (SSSR count). The number of amides is 3. The van der Waals surface area contributed by atoms with E-state index in [9.17, 15) is 24.6 Å². The molecule has 3 amide bonds. The number of nitrogens with one attached hydrogen (secondary N) is 1. The summed E-state index contributed by atoms with van der Waals surface area (Å²) in [5.41, 5.74) is 1.85. The van der Waals surface area contributed by atoms with Crippen LogP contribution in [-0.2, 0) is 28.3 Å². The Bertz CT molecular complexity index is 1740. The van der Waals surface area contributed by atoms with E-state index >= 15 is 0 Å². The van der Waals surface area contributed by atoms with Gasteiger partial charge in [-0.15, -0.1) is 0 Å². The third-order valence-electron chi connectivity index (χ3n) is 8.35. The number of aliphatic hydroxyl groups is 2. The van der Waals surface area contributed by atoms with E-state index in [1.165, 1.54) is 12.0 Å². The van der Waals surface area contributed by atoms with Crippen molar-refractivity contribution in [3.8, 4) is 5.75 Å². The van der Waals surface area contributed by atoms with E-state index in [2.05, 4.69) is 5.32 Å². The number of methoxy groups -OCH3 is 1. The molecule has 4 aromatic carbocycles. The third kappa shape index (κ3) is 7.43. The molecule has 0 aromatic heterocycles. The number of carbonyl (C=O) groups is 3. The number of fused-ring (bicyclic) bond motifs is 1. The number of hydrogen-bond acceptors (Lipinski definition) is 6. The molecular formula is C38H39N3O6. The summed E-state index contributed by atoms with van der Waals surface area (Å²) in [4.78, 5) is 43.0. The zero-order chi connectivity index (χ0) is 33.4. The largest absolute Gasteiger partial charge is 0.497 e. The van der Waals surface area contributed by atoms with Crippen LogP contribution in [0, 0.1) is 5.92 Å². The van der Waals surface area contributed by atoms with Crippen LogP contribution in [0.2, 0.25) is 0 Å². The predicted octanol–water partition coefficient (Wildman–Crippen LogP) is 5.29. The van der Waals surface area contributed by atoms with E-state index in [0.717, 1.165) is 11.1 Å². The number of rotatable bonds is 13. The first-order valence-electron chi connectivity index (χ1n) is 15.5. The highest BCUT2D eigenvalue weighted by Gasteiger charge is 2.52. The fraction of sp³-hybridized carbons (Fsp3) is 0.237. The second-order valence-corrected chi connectivity index (χ2v) is 11.5. The van der Waals surface area contributed by atoms with Gasteiger partial charge in [0.05, 0.1) is 25.9 Å². The molecule has 4 aromatic rings. The maximum Gasteiger partial charge on any atom is 0.264 e. The summed E-state index contributed by atoms with van der Waals surface area (Å²) in [6.07, 6.45) is 3.38. The molecule has 47 heavy (non-hydrogen) atoms. The minimum atomic E-state index is -1.92. The van der Waals surface area contributed by atoms with Crippen LogP contribution >= 0.6 is 0 Å². The number of hydrogen-bond donors (Lipinski definition) is 3. The lowest BCUT2D eigenvalue weighted by atomic mass is 9.83. The molecule has 0 spiro atoms. The van der Waals surface area contributed by atoms with Gasteiger partial charge >= 0.3 is 0 Å². The average Bonchev–Trinajstić information content (AvgIpc) is 3.30. The summed E-state index contributed by atoms with van der Waals surface area (Å²) in [5, 5.41) is 24.6. The molecule has 1 aliphatic rings. The van der Waals surface area contributed by atoms with Crippen LogP contribution < -0.4 is 15.0 Å².